The van der Waals surface area contributed by atoms with E-state index < -0.39 is 0 Å². The van der Waals surface area contributed by atoms with Gasteiger partial charge in [0, 0.05) is 32.9 Å². The van der Waals surface area contributed by atoms with Gasteiger partial charge in [0.1, 0.15) is 0 Å². The zero-order valence-electron chi connectivity index (χ0n) is 15.4. The van der Waals surface area contributed by atoms with Crippen LogP contribution in [0.3, 0.4) is 0 Å². The molecule has 0 radical (unpaired) electrons. The van der Waals surface area contributed by atoms with E-state index in [1.54, 1.807) is 31.8 Å². The first-order valence-corrected chi connectivity index (χ1v) is 10.5. The zero-order valence-corrected chi connectivity index (χ0v) is 18.6. The van der Waals surface area contributed by atoms with Crippen LogP contribution in [0.2, 0.25) is 0 Å². The van der Waals surface area contributed by atoms with Crippen molar-refractivity contribution >= 4 is 49.3 Å². The van der Waals surface area contributed by atoms with Crippen molar-refractivity contribution in [2.75, 3.05) is 12.4 Å². The molecule has 29 heavy (non-hydrogen) atoms. The van der Waals surface area contributed by atoms with Gasteiger partial charge in [-0.2, -0.15) is 0 Å². The van der Waals surface area contributed by atoms with Gasteiger partial charge in [-0.25, -0.2) is 9.97 Å². The first kappa shape index (κ1) is 19.8. The Morgan fingerprint density at radius 1 is 1.21 bits per heavy atom. The molecule has 1 saturated carbocycles. The molecule has 2 heterocycles. The lowest BCUT2D eigenvalue weighted by Crippen LogP contribution is -2.26. The third-order valence-corrected chi connectivity index (χ3v) is 5.56. The molecular formula is C20H17Br2N5O2. The van der Waals surface area contributed by atoms with E-state index in [2.05, 4.69) is 57.4 Å². The second-order valence-corrected chi connectivity index (χ2v) is 8.30. The molecule has 4 rings (SSSR count). The highest BCUT2D eigenvalue weighted by Crippen LogP contribution is 2.33. The Morgan fingerprint density at radius 3 is 2.79 bits per heavy atom. The fourth-order valence-corrected chi connectivity index (χ4v) is 3.50. The molecule has 0 aliphatic heterocycles. The van der Waals surface area contributed by atoms with Crippen LogP contribution in [0, 0.1) is 0 Å². The number of benzene rings is 1. The van der Waals surface area contributed by atoms with Crippen molar-refractivity contribution in [3.8, 4) is 17.1 Å². The molecule has 0 saturated heterocycles. The van der Waals surface area contributed by atoms with Crippen LogP contribution < -0.4 is 15.4 Å². The van der Waals surface area contributed by atoms with Gasteiger partial charge in [0.25, 0.3) is 5.91 Å². The largest absolute Gasteiger partial charge is 0.491 e. The molecule has 7 nitrogen and oxygen atoms in total. The SMILES string of the molecule is COc1cnc(-c2cc(Br)ccc2Br)nc1Nc1ccncc1C(=O)NC1CC1. The standard InChI is InChI=1S/C20H17Br2N5O2/c1-29-17-10-24-18(13-8-11(21)2-5-15(13)22)27-19(17)26-16-6-7-23-9-14(16)20(28)25-12-3-4-12/h2,5-10,12H,3-4H2,1H3,(H,25,28)(H,23,24,26,27). The Balaban J connectivity index is 1.70. The quantitative estimate of drug-likeness (QED) is 0.491. The van der Waals surface area contributed by atoms with Crippen molar-refractivity contribution < 1.29 is 9.53 Å². The highest BCUT2D eigenvalue weighted by molar-refractivity contribution is 9.11. The van der Waals surface area contributed by atoms with Gasteiger partial charge in [0.15, 0.2) is 17.4 Å². The number of nitrogens with one attached hydrogen (secondary N) is 2. The second-order valence-electron chi connectivity index (χ2n) is 6.53. The number of amides is 1. The molecule has 1 aliphatic carbocycles. The van der Waals surface area contributed by atoms with E-state index in [9.17, 15) is 4.79 Å². The maximum atomic E-state index is 12.6. The number of rotatable bonds is 6. The number of hydrogen-bond donors (Lipinski definition) is 2. The lowest BCUT2D eigenvalue weighted by molar-refractivity contribution is 0.0951. The fraction of sp³-hybridized carbons (Fsp3) is 0.200. The average Bonchev–Trinajstić information content (AvgIpc) is 3.54. The minimum Gasteiger partial charge on any atom is -0.491 e. The molecule has 1 aromatic carbocycles. The maximum Gasteiger partial charge on any atom is 0.255 e. The third-order valence-electron chi connectivity index (χ3n) is 4.38. The van der Waals surface area contributed by atoms with Gasteiger partial charge in [0.05, 0.1) is 24.6 Å². The summed E-state index contributed by atoms with van der Waals surface area (Å²) in [5, 5.41) is 6.19. The van der Waals surface area contributed by atoms with Crippen molar-refractivity contribution in [1.29, 1.82) is 0 Å². The molecule has 1 aliphatic rings. The number of nitrogens with zero attached hydrogens (tertiary/aromatic N) is 3. The number of pyridine rings is 1. The number of halogens is 2. The summed E-state index contributed by atoms with van der Waals surface area (Å²) in [6, 6.07) is 7.76. The van der Waals surface area contributed by atoms with Gasteiger partial charge in [0.2, 0.25) is 0 Å². The smallest absolute Gasteiger partial charge is 0.255 e. The molecule has 0 spiro atoms. The van der Waals surface area contributed by atoms with Crippen LogP contribution in [0.5, 0.6) is 5.75 Å². The summed E-state index contributed by atoms with van der Waals surface area (Å²) in [7, 11) is 1.55. The van der Waals surface area contributed by atoms with Crippen LogP contribution in [-0.2, 0) is 0 Å². The predicted octanol–water partition coefficient (Wildman–Crippen LogP) is 4.71. The van der Waals surface area contributed by atoms with E-state index in [4.69, 9.17) is 4.74 Å². The molecule has 0 unspecified atom stereocenters. The van der Waals surface area contributed by atoms with Gasteiger partial charge in [-0.3, -0.25) is 9.78 Å². The van der Waals surface area contributed by atoms with Crippen LogP contribution in [0.15, 0.2) is 51.8 Å². The number of carbonyl (C=O) groups excluding carboxylic acids is 1. The minimum atomic E-state index is -0.161. The van der Waals surface area contributed by atoms with Crippen molar-refractivity contribution in [3.05, 3.63) is 57.4 Å². The summed E-state index contributed by atoms with van der Waals surface area (Å²) < 4.78 is 7.19. The Bertz CT molecular complexity index is 1070. The van der Waals surface area contributed by atoms with Crippen molar-refractivity contribution in [3.63, 3.8) is 0 Å². The Labute approximate surface area is 184 Å². The van der Waals surface area contributed by atoms with Gasteiger partial charge in [-0.15, -0.1) is 0 Å². The van der Waals surface area contributed by atoms with Crippen LogP contribution in [0.25, 0.3) is 11.4 Å². The van der Waals surface area contributed by atoms with Gasteiger partial charge >= 0.3 is 0 Å². The lowest BCUT2D eigenvalue weighted by Gasteiger charge is -2.14. The molecular weight excluding hydrogens is 502 g/mol. The third kappa shape index (κ3) is 4.56. The van der Waals surface area contributed by atoms with Crippen molar-refractivity contribution in [2.45, 2.75) is 18.9 Å². The maximum absolute atomic E-state index is 12.6. The Morgan fingerprint density at radius 2 is 2.03 bits per heavy atom. The number of hydrogen-bond acceptors (Lipinski definition) is 6. The number of anilines is 2. The molecule has 1 fully saturated rings. The topological polar surface area (TPSA) is 89.0 Å². The predicted molar refractivity (Wildman–Crippen MR) is 117 cm³/mol. The Hall–Kier alpha value is -2.52. The summed E-state index contributed by atoms with van der Waals surface area (Å²) in [5.74, 6) is 1.27. The van der Waals surface area contributed by atoms with Crippen molar-refractivity contribution in [1.82, 2.24) is 20.3 Å². The van der Waals surface area contributed by atoms with Gasteiger partial charge < -0.3 is 15.4 Å². The summed E-state index contributed by atoms with van der Waals surface area (Å²) >= 11 is 7.02. The van der Waals surface area contributed by atoms with Gasteiger partial charge in [-0.1, -0.05) is 31.9 Å². The van der Waals surface area contributed by atoms with Crippen LogP contribution >= 0.6 is 31.9 Å². The molecule has 2 N–H and O–H groups in total. The first-order chi connectivity index (χ1) is 14.0. The van der Waals surface area contributed by atoms with E-state index in [1.165, 1.54) is 0 Å². The fourth-order valence-electron chi connectivity index (χ4n) is 2.71. The normalized spacial score (nSPS) is 13.1. The Kier molecular flexibility index (Phi) is 5.77. The molecule has 1 amide bonds. The first-order valence-electron chi connectivity index (χ1n) is 8.93. The van der Waals surface area contributed by atoms with Crippen LogP contribution in [0.1, 0.15) is 23.2 Å². The van der Waals surface area contributed by atoms with E-state index in [0.29, 0.717) is 28.6 Å². The highest BCUT2D eigenvalue weighted by atomic mass is 79.9. The number of aromatic nitrogens is 3. The second kappa shape index (κ2) is 8.46. The molecule has 148 valence electrons. The average molecular weight is 519 g/mol. The van der Waals surface area contributed by atoms with Crippen LogP contribution in [-0.4, -0.2) is 34.0 Å². The molecule has 0 atom stereocenters. The van der Waals surface area contributed by atoms with Crippen LogP contribution in [0.4, 0.5) is 11.5 Å². The number of ether oxygens (including phenoxy) is 1. The highest BCUT2D eigenvalue weighted by Gasteiger charge is 2.25. The molecule has 3 aromatic rings. The summed E-state index contributed by atoms with van der Waals surface area (Å²) in [6.45, 7) is 0. The minimum absolute atomic E-state index is 0.161. The molecule has 9 heteroatoms. The molecule has 0 bridgehead atoms. The van der Waals surface area contributed by atoms with E-state index in [-0.39, 0.29) is 11.9 Å². The summed E-state index contributed by atoms with van der Waals surface area (Å²) in [4.78, 5) is 25.7. The van der Waals surface area contributed by atoms with E-state index >= 15 is 0 Å². The number of carbonyl (C=O) groups is 1. The van der Waals surface area contributed by atoms with E-state index in [0.717, 1.165) is 27.4 Å². The molecule has 2 aromatic heterocycles. The number of methoxy groups -OCH3 is 1. The zero-order chi connectivity index (χ0) is 20.4. The summed E-state index contributed by atoms with van der Waals surface area (Å²) in [6.07, 6.45) is 6.79. The van der Waals surface area contributed by atoms with Gasteiger partial charge in [-0.05, 0) is 37.1 Å². The lowest BCUT2D eigenvalue weighted by atomic mass is 10.2. The van der Waals surface area contributed by atoms with E-state index in [1.807, 2.05) is 18.2 Å². The monoisotopic (exact) mass is 517 g/mol. The summed E-state index contributed by atoms with van der Waals surface area (Å²) in [5.41, 5.74) is 1.87. The van der Waals surface area contributed by atoms with Crippen molar-refractivity contribution in [2.24, 2.45) is 0 Å².